The summed E-state index contributed by atoms with van der Waals surface area (Å²) >= 11 is 0. The fourth-order valence-corrected chi connectivity index (χ4v) is 2.80. The highest BCUT2D eigenvalue weighted by Gasteiger charge is 2.15. The summed E-state index contributed by atoms with van der Waals surface area (Å²) in [5, 5.41) is 13.1. The molecule has 0 heterocycles. The molecule has 0 saturated heterocycles. The summed E-state index contributed by atoms with van der Waals surface area (Å²) in [6.07, 6.45) is -0.596. The van der Waals surface area contributed by atoms with Gasteiger partial charge in [0, 0.05) is 17.0 Å². The predicted molar refractivity (Wildman–Crippen MR) is 81.0 cm³/mol. The Morgan fingerprint density at radius 2 is 1.89 bits per heavy atom. The van der Waals surface area contributed by atoms with Gasteiger partial charge in [-0.15, -0.1) is 0 Å². The summed E-state index contributed by atoms with van der Waals surface area (Å²) in [6, 6.07) is 5.79. The van der Waals surface area contributed by atoms with Gasteiger partial charge in [0.1, 0.15) is 0 Å². The van der Waals surface area contributed by atoms with Crippen molar-refractivity contribution in [2.45, 2.75) is 51.2 Å². The van der Waals surface area contributed by atoms with Crippen molar-refractivity contribution < 1.29 is 9.32 Å². The summed E-state index contributed by atoms with van der Waals surface area (Å²) in [5.41, 5.74) is 2.28. The number of rotatable bonds is 5. The lowest BCUT2D eigenvalue weighted by molar-refractivity contribution is 0.182. The second kappa shape index (κ2) is 6.64. The molecule has 108 valence electrons. The lowest BCUT2D eigenvalue weighted by Gasteiger charge is -2.22. The highest BCUT2D eigenvalue weighted by Crippen LogP contribution is 2.14. The fraction of sp³-hybridized carbons (Fsp3) is 0.600. The van der Waals surface area contributed by atoms with Crippen molar-refractivity contribution in [2.24, 2.45) is 0 Å². The number of aliphatic hydroxyl groups is 1. The van der Waals surface area contributed by atoms with Gasteiger partial charge in [-0.1, -0.05) is 6.07 Å². The molecule has 0 bridgehead atoms. The Hall–Kier alpha value is -0.710. The highest BCUT2D eigenvalue weighted by molar-refractivity contribution is 7.85. The van der Waals surface area contributed by atoms with Gasteiger partial charge < -0.3 is 10.4 Å². The van der Waals surface area contributed by atoms with E-state index in [-0.39, 0.29) is 11.3 Å². The molecule has 0 amide bonds. The summed E-state index contributed by atoms with van der Waals surface area (Å²) in [7, 11) is -1.15. The minimum atomic E-state index is -1.15. The Morgan fingerprint density at radius 3 is 2.42 bits per heavy atom. The van der Waals surface area contributed by atoms with Crippen molar-refractivity contribution in [3.63, 3.8) is 0 Å². The van der Waals surface area contributed by atoms with Crippen molar-refractivity contribution in [2.75, 3.05) is 12.3 Å². The maximum atomic E-state index is 12.2. The lowest BCUT2D eigenvalue weighted by Crippen LogP contribution is -2.42. The number of hydrogen-bond donors (Lipinski definition) is 2. The molecule has 0 aliphatic rings. The summed E-state index contributed by atoms with van der Waals surface area (Å²) in [5.74, 6) is 0.269. The Kier molecular flexibility index (Phi) is 5.71. The molecule has 0 fully saturated rings. The van der Waals surface area contributed by atoms with Crippen LogP contribution < -0.4 is 5.32 Å². The molecule has 19 heavy (non-hydrogen) atoms. The van der Waals surface area contributed by atoms with Gasteiger partial charge in [0.05, 0.1) is 22.7 Å². The van der Waals surface area contributed by atoms with E-state index in [1.165, 1.54) is 5.56 Å². The van der Waals surface area contributed by atoms with E-state index in [0.29, 0.717) is 6.54 Å². The number of benzene rings is 1. The zero-order valence-corrected chi connectivity index (χ0v) is 13.3. The number of β-amino-alcohol motifs (C(OH)–C–C–N with tert-alkyl or cyclic N) is 1. The first kappa shape index (κ1) is 16.3. The number of nitrogens with one attached hydrogen (secondary N) is 1. The Labute approximate surface area is 118 Å². The first-order valence-corrected chi connectivity index (χ1v) is 7.89. The molecule has 0 spiro atoms. The minimum Gasteiger partial charge on any atom is -0.391 e. The van der Waals surface area contributed by atoms with E-state index >= 15 is 0 Å². The van der Waals surface area contributed by atoms with Crippen molar-refractivity contribution in [1.82, 2.24) is 5.32 Å². The maximum absolute atomic E-state index is 12.2. The molecule has 0 aliphatic carbocycles. The van der Waals surface area contributed by atoms with Gasteiger partial charge in [0.25, 0.3) is 0 Å². The number of aryl methyl sites for hydroxylation is 2. The van der Waals surface area contributed by atoms with E-state index < -0.39 is 16.9 Å². The Morgan fingerprint density at radius 1 is 1.26 bits per heavy atom. The SMILES string of the molecule is Cc1ccc(S(=O)CC(O)CNC(C)(C)C)cc1C. The van der Waals surface area contributed by atoms with Crippen LogP contribution in [-0.4, -0.2) is 33.3 Å². The number of aliphatic hydroxyl groups excluding tert-OH is 1. The highest BCUT2D eigenvalue weighted by atomic mass is 32.2. The average molecular weight is 283 g/mol. The minimum absolute atomic E-state index is 0.0388. The van der Waals surface area contributed by atoms with Gasteiger partial charge in [-0.3, -0.25) is 4.21 Å². The predicted octanol–water partition coefficient (Wildman–Crippen LogP) is 2.16. The van der Waals surface area contributed by atoms with Crippen LogP contribution >= 0.6 is 0 Å². The van der Waals surface area contributed by atoms with Crippen molar-refractivity contribution in [3.8, 4) is 0 Å². The van der Waals surface area contributed by atoms with Gasteiger partial charge in [-0.25, -0.2) is 0 Å². The van der Waals surface area contributed by atoms with Crippen LogP contribution in [0.5, 0.6) is 0 Å². The molecule has 2 N–H and O–H groups in total. The van der Waals surface area contributed by atoms with E-state index in [1.807, 2.05) is 52.8 Å². The van der Waals surface area contributed by atoms with Crippen LogP contribution in [0.2, 0.25) is 0 Å². The van der Waals surface area contributed by atoms with Crippen LogP contribution in [0.15, 0.2) is 23.1 Å². The third-order valence-electron chi connectivity index (χ3n) is 2.95. The zero-order valence-electron chi connectivity index (χ0n) is 12.5. The van der Waals surface area contributed by atoms with Gasteiger partial charge in [-0.2, -0.15) is 0 Å². The van der Waals surface area contributed by atoms with Gasteiger partial charge in [-0.05, 0) is 57.9 Å². The van der Waals surface area contributed by atoms with Crippen molar-refractivity contribution in [3.05, 3.63) is 29.3 Å². The summed E-state index contributed by atoms with van der Waals surface area (Å²) in [6.45, 7) is 10.6. The largest absolute Gasteiger partial charge is 0.391 e. The Balaban J connectivity index is 2.57. The molecule has 3 nitrogen and oxygen atoms in total. The molecular formula is C15H25NO2S. The van der Waals surface area contributed by atoms with Crippen LogP contribution in [0.1, 0.15) is 31.9 Å². The van der Waals surface area contributed by atoms with Gasteiger partial charge >= 0.3 is 0 Å². The molecule has 0 aliphatic heterocycles. The van der Waals surface area contributed by atoms with Crippen molar-refractivity contribution in [1.29, 1.82) is 0 Å². The third-order valence-corrected chi connectivity index (χ3v) is 4.42. The quantitative estimate of drug-likeness (QED) is 0.870. The van der Waals surface area contributed by atoms with E-state index in [1.54, 1.807) is 0 Å². The third kappa shape index (κ3) is 5.85. The summed E-state index contributed by atoms with van der Waals surface area (Å²) in [4.78, 5) is 0.790. The first-order valence-electron chi connectivity index (χ1n) is 6.58. The van der Waals surface area contributed by atoms with Crippen molar-refractivity contribution >= 4 is 10.8 Å². The standard InChI is InChI=1S/C15H25NO2S/c1-11-6-7-14(8-12(11)2)19(18)10-13(17)9-16-15(3,4)5/h6-8,13,16-17H,9-10H2,1-5H3. The van der Waals surface area contributed by atoms with E-state index in [4.69, 9.17) is 0 Å². The van der Waals surface area contributed by atoms with Crippen LogP contribution in [0.25, 0.3) is 0 Å². The van der Waals surface area contributed by atoms with Crippen LogP contribution in [-0.2, 0) is 10.8 Å². The second-order valence-electron chi connectivity index (χ2n) is 6.04. The lowest BCUT2D eigenvalue weighted by atomic mass is 10.1. The topological polar surface area (TPSA) is 49.3 Å². The van der Waals surface area contributed by atoms with Crippen LogP contribution in [0.3, 0.4) is 0 Å². The molecular weight excluding hydrogens is 258 g/mol. The van der Waals surface area contributed by atoms with Gasteiger partial charge in [0.2, 0.25) is 0 Å². The van der Waals surface area contributed by atoms with E-state index in [2.05, 4.69) is 5.32 Å². The molecule has 0 aromatic heterocycles. The average Bonchev–Trinajstić information content (AvgIpc) is 2.29. The Bertz CT molecular complexity index is 452. The molecule has 1 aromatic rings. The van der Waals surface area contributed by atoms with Gasteiger partial charge in [0.15, 0.2) is 0 Å². The van der Waals surface area contributed by atoms with Crippen LogP contribution in [0, 0.1) is 13.8 Å². The maximum Gasteiger partial charge on any atom is 0.0783 e. The fourth-order valence-electron chi connectivity index (χ4n) is 1.61. The molecule has 2 atom stereocenters. The molecule has 4 heteroatoms. The molecule has 1 aromatic carbocycles. The molecule has 2 unspecified atom stereocenters. The van der Waals surface area contributed by atoms with E-state index in [0.717, 1.165) is 10.5 Å². The molecule has 0 saturated carbocycles. The molecule has 1 rings (SSSR count). The monoisotopic (exact) mass is 283 g/mol. The number of hydrogen-bond acceptors (Lipinski definition) is 3. The smallest absolute Gasteiger partial charge is 0.0783 e. The zero-order chi connectivity index (χ0) is 14.6. The normalized spacial score (nSPS) is 15.3. The second-order valence-corrected chi connectivity index (χ2v) is 7.54. The van der Waals surface area contributed by atoms with Crippen LogP contribution in [0.4, 0.5) is 0 Å². The van der Waals surface area contributed by atoms with E-state index in [9.17, 15) is 9.32 Å². The molecule has 0 radical (unpaired) electrons. The first-order chi connectivity index (χ1) is 8.69. The summed E-state index contributed by atoms with van der Waals surface area (Å²) < 4.78 is 12.2.